The molecular formula is C21H22ClN5. The Morgan fingerprint density at radius 3 is 2.19 bits per heavy atom. The number of halogens is 1. The summed E-state index contributed by atoms with van der Waals surface area (Å²) in [5.41, 5.74) is 4.31. The van der Waals surface area contributed by atoms with Crippen LogP contribution in [-0.2, 0) is 19.4 Å². The Morgan fingerprint density at radius 2 is 1.52 bits per heavy atom. The molecule has 0 amide bonds. The van der Waals surface area contributed by atoms with Gasteiger partial charge >= 0.3 is 0 Å². The molecule has 4 rings (SSSR count). The van der Waals surface area contributed by atoms with Crippen LogP contribution in [0.4, 0.5) is 5.82 Å². The van der Waals surface area contributed by atoms with Crippen molar-refractivity contribution in [1.29, 1.82) is 0 Å². The molecule has 0 radical (unpaired) electrons. The Kier molecular flexibility index (Phi) is 6.16. The Balaban J connectivity index is 0.00000210. The van der Waals surface area contributed by atoms with Crippen LogP contribution in [0.1, 0.15) is 17.0 Å². The number of imidazole rings is 1. The van der Waals surface area contributed by atoms with Gasteiger partial charge in [0.1, 0.15) is 5.82 Å². The largest absolute Gasteiger partial charge is 1.00 e. The molecular weight excluding hydrogens is 358 g/mol. The van der Waals surface area contributed by atoms with Gasteiger partial charge in [0.05, 0.1) is 19.9 Å². The van der Waals surface area contributed by atoms with Gasteiger partial charge in [0.25, 0.3) is 5.82 Å². The highest BCUT2D eigenvalue weighted by Gasteiger charge is 2.15. The van der Waals surface area contributed by atoms with Crippen molar-refractivity contribution in [3.8, 4) is 0 Å². The van der Waals surface area contributed by atoms with E-state index in [4.69, 9.17) is 9.97 Å². The average molecular weight is 380 g/mol. The zero-order valence-corrected chi connectivity index (χ0v) is 16.0. The number of benzene rings is 2. The maximum Gasteiger partial charge on any atom is 0.256 e. The molecule has 2 aromatic carbocycles. The summed E-state index contributed by atoms with van der Waals surface area (Å²) in [7, 11) is 2.00. The first-order valence-electron chi connectivity index (χ1n) is 8.92. The molecule has 0 aliphatic heterocycles. The SMILES string of the molecule is C[NH2+]c1nc(CCc2ccccc2)nc2c1ncn2Cc1ccccc1.[Cl-]. The second-order valence-corrected chi connectivity index (χ2v) is 6.33. The summed E-state index contributed by atoms with van der Waals surface area (Å²) in [6.45, 7) is 0.760. The molecule has 0 aliphatic carbocycles. The first-order valence-corrected chi connectivity index (χ1v) is 8.92. The second-order valence-electron chi connectivity index (χ2n) is 6.33. The molecule has 0 fully saturated rings. The third-order valence-corrected chi connectivity index (χ3v) is 4.49. The monoisotopic (exact) mass is 379 g/mol. The highest BCUT2D eigenvalue weighted by atomic mass is 35.5. The zero-order chi connectivity index (χ0) is 17.8. The molecule has 2 heterocycles. The molecule has 27 heavy (non-hydrogen) atoms. The van der Waals surface area contributed by atoms with Crippen LogP contribution in [0.2, 0.25) is 0 Å². The third-order valence-electron chi connectivity index (χ3n) is 4.49. The Morgan fingerprint density at radius 1 is 0.852 bits per heavy atom. The van der Waals surface area contributed by atoms with Crippen LogP contribution in [0.5, 0.6) is 0 Å². The van der Waals surface area contributed by atoms with Gasteiger partial charge in [0.15, 0.2) is 11.2 Å². The molecule has 0 spiro atoms. The highest BCUT2D eigenvalue weighted by molar-refractivity contribution is 5.78. The van der Waals surface area contributed by atoms with Crippen molar-refractivity contribution < 1.29 is 17.7 Å². The summed E-state index contributed by atoms with van der Waals surface area (Å²) in [6.07, 6.45) is 3.61. The number of quaternary nitrogens is 1. The zero-order valence-electron chi connectivity index (χ0n) is 15.2. The minimum atomic E-state index is 0. The molecule has 0 atom stereocenters. The fourth-order valence-corrected chi connectivity index (χ4v) is 3.12. The molecule has 0 aliphatic rings. The lowest BCUT2D eigenvalue weighted by Gasteiger charge is -2.06. The van der Waals surface area contributed by atoms with Gasteiger partial charge in [0.2, 0.25) is 0 Å². The van der Waals surface area contributed by atoms with E-state index in [-0.39, 0.29) is 12.4 Å². The summed E-state index contributed by atoms with van der Waals surface area (Å²) in [5.74, 6) is 1.77. The van der Waals surface area contributed by atoms with Crippen LogP contribution in [0.3, 0.4) is 0 Å². The van der Waals surface area contributed by atoms with E-state index in [2.05, 4.69) is 58.1 Å². The number of nitrogens with zero attached hydrogens (tertiary/aromatic N) is 4. The highest BCUT2D eigenvalue weighted by Crippen LogP contribution is 2.17. The molecule has 0 bridgehead atoms. The number of aryl methyl sites for hydroxylation is 2. The summed E-state index contributed by atoms with van der Waals surface area (Å²) in [6, 6.07) is 20.9. The van der Waals surface area contributed by atoms with E-state index in [9.17, 15) is 0 Å². The molecule has 0 saturated heterocycles. The fourth-order valence-electron chi connectivity index (χ4n) is 3.12. The number of aromatic nitrogens is 4. The van der Waals surface area contributed by atoms with Gasteiger partial charge in [-0.25, -0.2) is 9.97 Å². The molecule has 2 N–H and O–H groups in total. The van der Waals surface area contributed by atoms with Crippen molar-refractivity contribution in [3.63, 3.8) is 0 Å². The van der Waals surface area contributed by atoms with Crippen molar-refractivity contribution >= 4 is 17.0 Å². The quantitative estimate of drug-likeness (QED) is 0.491. The summed E-state index contributed by atoms with van der Waals surface area (Å²) < 4.78 is 2.10. The van der Waals surface area contributed by atoms with Gasteiger partial charge in [-0.3, -0.25) is 5.32 Å². The summed E-state index contributed by atoms with van der Waals surface area (Å²) in [5, 5.41) is 2.01. The predicted molar refractivity (Wildman–Crippen MR) is 102 cm³/mol. The van der Waals surface area contributed by atoms with Crippen LogP contribution in [-0.4, -0.2) is 26.6 Å². The molecule has 6 heteroatoms. The standard InChI is InChI=1S/C21H21N5.ClH/c1-22-20-19-21(26(15-23-19)14-17-10-6-3-7-11-17)25-18(24-20)13-12-16-8-4-2-5-9-16;/h2-11,15H,12-14H2,1H3,(H,22,24,25);1H. The van der Waals surface area contributed by atoms with Crippen LogP contribution < -0.4 is 17.7 Å². The topological polar surface area (TPSA) is 60.2 Å². The van der Waals surface area contributed by atoms with E-state index in [0.717, 1.165) is 42.2 Å². The minimum absolute atomic E-state index is 0. The van der Waals surface area contributed by atoms with E-state index in [1.807, 2.05) is 30.8 Å². The normalized spacial score (nSPS) is 10.7. The van der Waals surface area contributed by atoms with Crippen molar-refractivity contribution in [2.75, 3.05) is 7.05 Å². The molecule has 5 nitrogen and oxygen atoms in total. The smallest absolute Gasteiger partial charge is 0.256 e. The van der Waals surface area contributed by atoms with E-state index >= 15 is 0 Å². The lowest BCUT2D eigenvalue weighted by molar-refractivity contribution is -0.542. The molecule has 0 unspecified atom stereocenters. The molecule has 0 saturated carbocycles. The Labute approximate surface area is 164 Å². The van der Waals surface area contributed by atoms with Gasteiger partial charge < -0.3 is 17.0 Å². The van der Waals surface area contributed by atoms with Crippen LogP contribution in [0.25, 0.3) is 11.2 Å². The molecule has 4 aromatic rings. The van der Waals surface area contributed by atoms with Gasteiger partial charge in [-0.2, -0.15) is 4.98 Å². The first kappa shape index (κ1) is 19.0. The van der Waals surface area contributed by atoms with E-state index in [1.54, 1.807) is 0 Å². The van der Waals surface area contributed by atoms with Gasteiger partial charge in [-0.15, -0.1) is 0 Å². The Bertz CT molecular complexity index is 999. The maximum absolute atomic E-state index is 4.82. The number of rotatable bonds is 6. The van der Waals surface area contributed by atoms with Crippen LogP contribution in [0, 0.1) is 0 Å². The summed E-state index contributed by atoms with van der Waals surface area (Å²) in [4.78, 5) is 14.1. The van der Waals surface area contributed by atoms with Gasteiger partial charge in [-0.05, 0) is 17.5 Å². The van der Waals surface area contributed by atoms with Gasteiger partial charge in [0, 0.05) is 6.42 Å². The Hall–Kier alpha value is -2.76. The number of hydrogen-bond acceptors (Lipinski definition) is 3. The lowest BCUT2D eigenvalue weighted by Crippen LogP contribution is -3.00. The third kappa shape index (κ3) is 4.32. The van der Waals surface area contributed by atoms with Crippen molar-refractivity contribution in [2.24, 2.45) is 0 Å². The van der Waals surface area contributed by atoms with E-state index in [1.165, 1.54) is 11.1 Å². The predicted octanol–water partition coefficient (Wildman–Crippen LogP) is -0.511. The lowest BCUT2D eigenvalue weighted by atomic mass is 10.1. The number of hydrogen-bond donors (Lipinski definition) is 1. The second kappa shape index (κ2) is 8.75. The average Bonchev–Trinajstić information content (AvgIpc) is 3.10. The minimum Gasteiger partial charge on any atom is -1.00 e. The molecule has 138 valence electrons. The number of nitrogens with two attached hydrogens (primary N) is 1. The van der Waals surface area contributed by atoms with E-state index < -0.39 is 0 Å². The van der Waals surface area contributed by atoms with Crippen molar-refractivity contribution in [2.45, 2.75) is 19.4 Å². The fraction of sp³-hybridized carbons (Fsp3) is 0.190. The maximum atomic E-state index is 4.82. The van der Waals surface area contributed by atoms with Crippen molar-refractivity contribution in [1.82, 2.24) is 19.5 Å². The number of fused-ring (bicyclic) bond motifs is 1. The van der Waals surface area contributed by atoms with Crippen LogP contribution >= 0.6 is 0 Å². The summed E-state index contributed by atoms with van der Waals surface area (Å²) >= 11 is 0. The molecule has 2 aromatic heterocycles. The van der Waals surface area contributed by atoms with E-state index in [0.29, 0.717) is 0 Å². The van der Waals surface area contributed by atoms with Crippen LogP contribution in [0.15, 0.2) is 67.0 Å². The van der Waals surface area contributed by atoms with Crippen molar-refractivity contribution in [3.05, 3.63) is 83.9 Å². The first-order chi connectivity index (χ1) is 12.8. The van der Waals surface area contributed by atoms with Gasteiger partial charge in [-0.1, -0.05) is 60.7 Å².